The highest BCUT2D eigenvalue weighted by Gasteiger charge is 2.53. The minimum absolute atomic E-state index is 0.257. The Morgan fingerprint density at radius 1 is 0.542 bits per heavy atom. The highest BCUT2D eigenvalue weighted by molar-refractivity contribution is 5.76. The van der Waals surface area contributed by atoms with Crippen molar-refractivity contribution in [1.82, 2.24) is 5.32 Å². The van der Waals surface area contributed by atoms with Crippen molar-refractivity contribution < 1.29 is 89.4 Å². The highest BCUT2D eigenvalue weighted by atomic mass is 16.8. The zero-order valence-electron chi connectivity index (χ0n) is 34.7. The molecular formula is C40H75NO18. The lowest BCUT2D eigenvalue weighted by atomic mass is 9.96. The number of carbonyl (C=O) groups excluding carboxylic acids is 1. The smallest absolute Gasteiger partial charge is 0.220 e. The van der Waals surface area contributed by atoms with Gasteiger partial charge in [-0.25, -0.2) is 0 Å². The lowest BCUT2D eigenvalue weighted by molar-refractivity contribution is -0.379. The first-order valence-corrected chi connectivity index (χ1v) is 21.8. The van der Waals surface area contributed by atoms with Crippen LogP contribution in [0.4, 0.5) is 0 Å². The number of hydrogen-bond acceptors (Lipinski definition) is 18. The van der Waals surface area contributed by atoms with Gasteiger partial charge in [0.05, 0.1) is 38.6 Å². The average molecular weight is 858 g/mol. The maximum Gasteiger partial charge on any atom is 0.220 e. The first kappa shape index (κ1) is 52.1. The van der Waals surface area contributed by atoms with Gasteiger partial charge < -0.3 is 89.9 Å². The fourth-order valence-corrected chi connectivity index (χ4v) is 7.66. The summed E-state index contributed by atoms with van der Waals surface area (Å²) >= 11 is 0. The molecule has 19 heteroatoms. The monoisotopic (exact) mass is 857 g/mol. The van der Waals surface area contributed by atoms with E-state index in [0.717, 1.165) is 70.6 Å². The first-order valence-electron chi connectivity index (χ1n) is 21.8. The second-order valence-corrected chi connectivity index (χ2v) is 16.2. The molecule has 0 spiro atoms. The lowest BCUT2D eigenvalue weighted by Gasteiger charge is -2.48. The molecule has 0 bridgehead atoms. The quantitative estimate of drug-likeness (QED) is 0.0402. The number of hydrogen-bond donors (Lipinski definition) is 12. The summed E-state index contributed by atoms with van der Waals surface area (Å²) in [4.78, 5) is 13.0. The fourth-order valence-electron chi connectivity index (χ4n) is 7.66. The Balaban J connectivity index is 1.61. The van der Waals surface area contributed by atoms with Crippen LogP contribution in [0.1, 0.15) is 117 Å². The molecule has 3 fully saturated rings. The van der Waals surface area contributed by atoms with Crippen molar-refractivity contribution in [3.8, 4) is 0 Å². The predicted octanol–water partition coefficient (Wildman–Crippen LogP) is -1.42. The summed E-state index contributed by atoms with van der Waals surface area (Å²) in [6, 6.07) is -0.873. The van der Waals surface area contributed by atoms with Crippen molar-refractivity contribution in [1.29, 1.82) is 0 Å². The van der Waals surface area contributed by atoms with E-state index in [1.807, 2.05) is 0 Å². The number of carbonyl (C=O) groups is 1. The van der Waals surface area contributed by atoms with Gasteiger partial charge in [0.1, 0.15) is 73.2 Å². The van der Waals surface area contributed by atoms with E-state index in [-0.39, 0.29) is 18.9 Å². The molecule has 17 unspecified atom stereocenters. The summed E-state index contributed by atoms with van der Waals surface area (Å²) in [5.74, 6) is -0.257. The summed E-state index contributed by atoms with van der Waals surface area (Å²) in [6.07, 6.45) is -11.3. The van der Waals surface area contributed by atoms with Gasteiger partial charge in [0.25, 0.3) is 0 Å². The Bertz CT molecular complexity index is 1120. The molecule has 0 radical (unpaired) electrons. The minimum atomic E-state index is -1.96. The van der Waals surface area contributed by atoms with Gasteiger partial charge in [-0.3, -0.25) is 4.79 Å². The Labute approximate surface area is 347 Å². The van der Waals surface area contributed by atoms with Crippen LogP contribution in [-0.4, -0.2) is 193 Å². The number of aliphatic hydroxyl groups excluding tert-OH is 11. The topological polar surface area (TPSA) is 307 Å². The average Bonchev–Trinajstić information content (AvgIpc) is 3.23. The van der Waals surface area contributed by atoms with Crippen LogP contribution < -0.4 is 5.32 Å². The molecule has 12 N–H and O–H groups in total. The van der Waals surface area contributed by atoms with Crippen LogP contribution in [0.5, 0.6) is 0 Å². The SMILES string of the molecule is CCCCCCCCCC(=O)NC(COC1OC(CO)C(OC2OC(CO)C(OC3OC(CO)C(O)C(O)C3O)C(O)C2O)C(O)C1O)C(O)CCCCCCCCC. The molecule has 0 aromatic heterocycles. The Morgan fingerprint density at radius 2 is 0.966 bits per heavy atom. The van der Waals surface area contributed by atoms with Crippen LogP contribution in [0.25, 0.3) is 0 Å². The van der Waals surface area contributed by atoms with E-state index in [4.69, 9.17) is 28.4 Å². The van der Waals surface area contributed by atoms with Crippen molar-refractivity contribution in [2.24, 2.45) is 0 Å². The van der Waals surface area contributed by atoms with E-state index < -0.39 is 124 Å². The maximum atomic E-state index is 13.0. The van der Waals surface area contributed by atoms with Crippen molar-refractivity contribution in [2.75, 3.05) is 26.4 Å². The van der Waals surface area contributed by atoms with Crippen molar-refractivity contribution >= 4 is 5.91 Å². The Kier molecular flexibility index (Phi) is 24.5. The van der Waals surface area contributed by atoms with E-state index in [2.05, 4.69) is 19.2 Å². The van der Waals surface area contributed by atoms with Crippen LogP contribution in [0.2, 0.25) is 0 Å². The molecule has 3 aliphatic heterocycles. The third kappa shape index (κ3) is 15.8. The van der Waals surface area contributed by atoms with E-state index in [9.17, 15) is 61.0 Å². The van der Waals surface area contributed by atoms with Crippen molar-refractivity contribution in [3.05, 3.63) is 0 Å². The number of ether oxygens (including phenoxy) is 6. The molecular weight excluding hydrogens is 782 g/mol. The number of rotatable bonds is 28. The van der Waals surface area contributed by atoms with Gasteiger partial charge in [0.2, 0.25) is 5.91 Å². The molecule has 1 amide bonds. The zero-order valence-corrected chi connectivity index (χ0v) is 34.7. The molecule has 0 aromatic rings. The third-order valence-corrected chi connectivity index (χ3v) is 11.4. The molecule has 0 aliphatic carbocycles. The highest BCUT2D eigenvalue weighted by Crippen LogP contribution is 2.33. The van der Waals surface area contributed by atoms with Crippen molar-refractivity contribution in [2.45, 2.75) is 221 Å². The van der Waals surface area contributed by atoms with Crippen LogP contribution >= 0.6 is 0 Å². The minimum Gasteiger partial charge on any atom is -0.394 e. The van der Waals surface area contributed by atoms with E-state index >= 15 is 0 Å². The number of unbranched alkanes of at least 4 members (excludes halogenated alkanes) is 12. The molecule has 3 rings (SSSR count). The van der Waals surface area contributed by atoms with Gasteiger partial charge in [0, 0.05) is 6.42 Å². The standard InChI is InChI=1S/C40H75NO18/c1-3-5-7-9-11-13-15-17-24(45)23(41-28(46)18-16-14-12-10-8-6-4-2)22-54-38-34(52)31(49)36(26(20-43)56-38)59-40-35(53)32(50)37(27(21-44)57-40)58-39-33(51)30(48)29(47)25(19-42)55-39/h23-27,29-40,42-45,47-53H,3-22H2,1-2H3,(H,41,46). The molecule has 0 saturated carbocycles. The maximum absolute atomic E-state index is 13.0. The third-order valence-electron chi connectivity index (χ3n) is 11.4. The molecule has 17 atom stereocenters. The molecule has 3 saturated heterocycles. The van der Waals surface area contributed by atoms with Gasteiger partial charge in [-0.15, -0.1) is 0 Å². The Hall–Kier alpha value is -1.21. The number of nitrogens with one attached hydrogen (secondary N) is 1. The van der Waals surface area contributed by atoms with Gasteiger partial charge in [-0.1, -0.05) is 97.3 Å². The molecule has 348 valence electrons. The second kappa shape index (κ2) is 27.8. The van der Waals surface area contributed by atoms with Crippen LogP contribution in [-0.2, 0) is 33.2 Å². The summed E-state index contributed by atoms with van der Waals surface area (Å²) in [7, 11) is 0. The normalized spacial score (nSPS) is 36.3. The van der Waals surface area contributed by atoms with Gasteiger partial charge >= 0.3 is 0 Å². The molecule has 3 heterocycles. The largest absolute Gasteiger partial charge is 0.394 e. The summed E-state index contributed by atoms with van der Waals surface area (Å²) in [5.41, 5.74) is 0. The number of aliphatic hydroxyl groups is 11. The molecule has 59 heavy (non-hydrogen) atoms. The van der Waals surface area contributed by atoms with Gasteiger partial charge in [0.15, 0.2) is 18.9 Å². The molecule has 0 aromatic carbocycles. The van der Waals surface area contributed by atoms with Crippen LogP contribution in [0.15, 0.2) is 0 Å². The van der Waals surface area contributed by atoms with E-state index in [0.29, 0.717) is 12.8 Å². The fraction of sp³-hybridized carbons (Fsp3) is 0.975. The molecule has 3 aliphatic rings. The summed E-state index contributed by atoms with van der Waals surface area (Å²) in [6.45, 7) is 1.61. The summed E-state index contributed by atoms with van der Waals surface area (Å²) in [5, 5.41) is 119. The van der Waals surface area contributed by atoms with Gasteiger partial charge in [-0.2, -0.15) is 0 Å². The zero-order chi connectivity index (χ0) is 43.5. The predicted molar refractivity (Wildman–Crippen MR) is 208 cm³/mol. The van der Waals surface area contributed by atoms with Crippen molar-refractivity contribution in [3.63, 3.8) is 0 Å². The first-order chi connectivity index (χ1) is 28.3. The van der Waals surface area contributed by atoms with E-state index in [1.165, 1.54) is 12.8 Å². The Morgan fingerprint density at radius 3 is 1.47 bits per heavy atom. The van der Waals surface area contributed by atoms with E-state index in [1.54, 1.807) is 0 Å². The number of amides is 1. The van der Waals surface area contributed by atoms with Crippen LogP contribution in [0.3, 0.4) is 0 Å². The second-order valence-electron chi connectivity index (χ2n) is 16.2. The van der Waals surface area contributed by atoms with Crippen LogP contribution in [0, 0.1) is 0 Å². The lowest BCUT2D eigenvalue weighted by Crippen LogP contribution is -2.66. The molecule has 19 nitrogen and oxygen atoms in total. The summed E-state index contributed by atoms with van der Waals surface area (Å²) < 4.78 is 33.9. The van der Waals surface area contributed by atoms with Gasteiger partial charge in [-0.05, 0) is 12.8 Å².